The number of nitrogens with zero attached hydrogens (tertiary/aromatic N) is 1. The topological polar surface area (TPSA) is 96.7 Å². The summed E-state index contributed by atoms with van der Waals surface area (Å²) < 4.78 is 5.90. The molecule has 0 spiro atoms. The number of rotatable bonds is 15. The number of ether oxygens (including phenoxy) is 1. The zero-order valence-corrected chi connectivity index (χ0v) is 19.2. The van der Waals surface area contributed by atoms with E-state index in [1.165, 1.54) is 37.9 Å². The number of hydrogen-bond acceptors (Lipinski definition) is 7. The minimum absolute atomic E-state index is 0.417. The molecule has 2 aromatic rings. The average Bonchev–Trinajstić information content (AvgIpc) is 2.82. The molecule has 176 valence electrons. The maximum absolute atomic E-state index is 11.9. The summed E-state index contributed by atoms with van der Waals surface area (Å²) in [5, 5.41) is 6.22. The molecule has 3 rings (SSSR count). The Morgan fingerprint density at radius 1 is 0.875 bits per heavy atom. The van der Waals surface area contributed by atoms with E-state index in [2.05, 4.69) is 27.7 Å². The van der Waals surface area contributed by atoms with E-state index < -0.39 is 10.9 Å². The van der Waals surface area contributed by atoms with Gasteiger partial charge in [0, 0.05) is 19.6 Å². The third-order valence-electron chi connectivity index (χ3n) is 5.99. The molecule has 2 aromatic carbocycles. The van der Waals surface area contributed by atoms with E-state index in [-0.39, 0.29) is 0 Å². The average molecular weight is 443 g/mol. The predicted octanol–water partition coefficient (Wildman–Crippen LogP) is 3.08. The fraction of sp³-hybridized carbons (Fsp3) is 0.600. The Hall–Kier alpha value is -2.38. The standard InChI is InChI=1S/C25H38N4O3/c26-12-4-1-2-5-13-27-22-23(25(31)24(22)30)28-14-9-17-32-21-11-8-10-20(18-21)19-29-15-6-3-7-16-29/h8,10-11,18,27-28H,1-7,9,12-17,19,26H2. The van der Waals surface area contributed by atoms with Gasteiger partial charge in [-0.3, -0.25) is 14.5 Å². The van der Waals surface area contributed by atoms with Crippen LogP contribution in [-0.2, 0) is 6.54 Å². The van der Waals surface area contributed by atoms with E-state index in [0.717, 1.165) is 44.4 Å². The minimum atomic E-state index is -0.429. The van der Waals surface area contributed by atoms with Crippen molar-refractivity contribution in [3.05, 3.63) is 50.3 Å². The van der Waals surface area contributed by atoms with Crippen molar-refractivity contribution in [3.8, 4) is 5.75 Å². The smallest absolute Gasteiger partial charge is 0.253 e. The number of benzene rings is 1. The van der Waals surface area contributed by atoms with Crippen molar-refractivity contribution in [1.82, 2.24) is 4.90 Å². The zero-order valence-electron chi connectivity index (χ0n) is 19.2. The maximum Gasteiger partial charge on any atom is 0.253 e. The van der Waals surface area contributed by atoms with Crippen LogP contribution in [0, 0.1) is 0 Å². The fourth-order valence-corrected chi connectivity index (χ4v) is 4.15. The highest BCUT2D eigenvalue weighted by Gasteiger charge is 2.19. The zero-order chi connectivity index (χ0) is 22.6. The Balaban J connectivity index is 1.34. The maximum atomic E-state index is 11.9. The van der Waals surface area contributed by atoms with Crippen molar-refractivity contribution < 1.29 is 4.74 Å². The Bertz CT molecular complexity index is 886. The molecule has 4 N–H and O–H groups in total. The lowest BCUT2D eigenvalue weighted by atomic mass is 10.1. The molecule has 7 heteroatoms. The van der Waals surface area contributed by atoms with E-state index in [1.54, 1.807) is 0 Å². The van der Waals surface area contributed by atoms with Crippen LogP contribution in [-0.4, -0.2) is 44.2 Å². The first-order valence-electron chi connectivity index (χ1n) is 12.1. The first-order chi connectivity index (χ1) is 15.7. The SMILES string of the molecule is NCCCCCCNc1c(NCCCOc2cccc(CN3CCCCC3)c2)c(=O)c1=O. The van der Waals surface area contributed by atoms with Crippen molar-refractivity contribution in [3.63, 3.8) is 0 Å². The van der Waals surface area contributed by atoms with Crippen molar-refractivity contribution >= 4 is 11.4 Å². The summed E-state index contributed by atoms with van der Waals surface area (Å²) >= 11 is 0. The molecule has 1 heterocycles. The van der Waals surface area contributed by atoms with E-state index in [1.807, 2.05) is 12.1 Å². The predicted molar refractivity (Wildman–Crippen MR) is 132 cm³/mol. The van der Waals surface area contributed by atoms with E-state index in [4.69, 9.17) is 10.5 Å². The van der Waals surface area contributed by atoms with Gasteiger partial charge in [-0.1, -0.05) is 31.4 Å². The van der Waals surface area contributed by atoms with Crippen molar-refractivity contribution in [1.29, 1.82) is 0 Å². The van der Waals surface area contributed by atoms with Crippen molar-refractivity contribution in [2.75, 3.05) is 50.0 Å². The van der Waals surface area contributed by atoms with Crippen LogP contribution < -0.4 is 32.0 Å². The Labute approximate surface area is 191 Å². The van der Waals surface area contributed by atoms with Gasteiger partial charge in [-0.2, -0.15) is 0 Å². The van der Waals surface area contributed by atoms with Gasteiger partial charge in [-0.15, -0.1) is 0 Å². The van der Waals surface area contributed by atoms with Crippen LogP contribution in [0.1, 0.15) is 56.9 Å². The van der Waals surface area contributed by atoms with Crippen LogP contribution in [0.5, 0.6) is 5.75 Å². The lowest BCUT2D eigenvalue weighted by Crippen LogP contribution is -2.37. The number of nitrogens with one attached hydrogen (secondary N) is 2. The number of hydrogen-bond donors (Lipinski definition) is 3. The quantitative estimate of drug-likeness (QED) is 0.288. The van der Waals surface area contributed by atoms with Crippen LogP contribution >= 0.6 is 0 Å². The fourth-order valence-electron chi connectivity index (χ4n) is 4.15. The number of nitrogens with two attached hydrogens (primary N) is 1. The Morgan fingerprint density at radius 3 is 2.28 bits per heavy atom. The van der Waals surface area contributed by atoms with Gasteiger partial charge in [0.05, 0.1) is 6.61 Å². The van der Waals surface area contributed by atoms with Gasteiger partial charge in [-0.25, -0.2) is 0 Å². The molecule has 32 heavy (non-hydrogen) atoms. The molecule has 0 aromatic heterocycles. The molecular weight excluding hydrogens is 404 g/mol. The normalized spacial score (nSPS) is 14.5. The molecule has 1 saturated heterocycles. The molecule has 0 amide bonds. The van der Waals surface area contributed by atoms with Crippen LogP contribution in [0.2, 0.25) is 0 Å². The van der Waals surface area contributed by atoms with Crippen molar-refractivity contribution in [2.45, 2.75) is 57.9 Å². The summed E-state index contributed by atoms with van der Waals surface area (Å²) in [6.45, 7) is 5.89. The molecule has 0 bridgehead atoms. The van der Waals surface area contributed by atoms with Crippen LogP contribution in [0.25, 0.3) is 0 Å². The van der Waals surface area contributed by atoms with Gasteiger partial charge >= 0.3 is 0 Å². The highest BCUT2D eigenvalue weighted by molar-refractivity contribution is 5.73. The lowest BCUT2D eigenvalue weighted by molar-refractivity contribution is 0.220. The third-order valence-corrected chi connectivity index (χ3v) is 5.99. The summed E-state index contributed by atoms with van der Waals surface area (Å²) in [4.78, 5) is 26.2. The van der Waals surface area contributed by atoms with Gasteiger partial charge in [0.15, 0.2) is 0 Å². The summed E-state index contributed by atoms with van der Waals surface area (Å²) in [6, 6.07) is 8.30. The minimum Gasteiger partial charge on any atom is -0.494 e. The number of anilines is 2. The summed E-state index contributed by atoms with van der Waals surface area (Å²) in [6.07, 6.45) is 8.82. The third kappa shape index (κ3) is 7.35. The number of unbranched alkanes of at least 4 members (excludes halogenated alkanes) is 3. The van der Waals surface area contributed by atoms with Gasteiger partial charge in [0.2, 0.25) is 0 Å². The summed E-state index contributed by atoms with van der Waals surface area (Å²) in [5.74, 6) is 0.880. The van der Waals surface area contributed by atoms with E-state index in [0.29, 0.717) is 37.6 Å². The largest absolute Gasteiger partial charge is 0.494 e. The Morgan fingerprint density at radius 2 is 1.56 bits per heavy atom. The molecule has 1 aliphatic rings. The Kier molecular flexibility index (Phi) is 10.0. The molecular formula is C25H38N4O3. The van der Waals surface area contributed by atoms with E-state index in [9.17, 15) is 9.59 Å². The second-order valence-corrected chi connectivity index (χ2v) is 8.65. The molecule has 0 aliphatic carbocycles. The molecule has 0 saturated carbocycles. The van der Waals surface area contributed by atoms with Crippen LogP contribution in [0.4, 0.5) is 11.4 Å². The van der Waals surface area contributed by atoms with Gasteiger partial charge in [-0.05, 0) is 69.4 Å². The van der Waals surface area contributed by atoms with Crippen LogP contribution in [0.3, 0.4) is 0 Å². The van der Waals surface area contributed by atoms with Crippen LogP contribution in [0.15, 0.2) is 33.9 Å². The highest BCUT2D eigenvalue weighted by Crippen LogP contribution is 2.18. The van der Waals surface area contributed by atoms with E-state index >= 15 is 0 Å². The first kappa shape index (κ1) is 24.3. The lowest BCUT2D eigenvalue weighted by Gasteiger charge is -2.26. The molecule has 1 aliphatic heterocycles. The highest BCUT2D eigenvalue weighted by atomic mass is 16.5. The first-order valence-corrected chi connectivity index (χ1v) is 12.1. The number of piperidine rings is 1. The van der Waals surface area contributed by atoms with Gasteiger partial charge in [0.25, 0.3) is 10.9 Å². The van der Waals surface area contributed by atoms with Gasteiger partial charge < -0.3 is 21.1 Å². The van der Waals surface area contributed by atoms with Crippen molar-refractivity contribution in [2.24, 2.45) is 5.73 Å². The molecule has 0 radical (unpaired) electrons. The molecule has 7 nitrogen and oxygen atoms in total. The monoisotopic (exact) mass is 442 g/mol. The molecule has 0 atom stereocenters. The summed E-state index contributed by atoms with van der Waals surface area (Å²) in [5.41, 5.74) is 6.77. The second kappa shape index (κ2) is 13.2. The molecule has 1 fully saturated rings. The summed E-state index contributed by atoms with van der Waals surface area (Å²) in [7, 11) is 0. The number of likely N-dealkylation sites (tertiary alicyclic amines) is 1. The molecule has 0 unspecified atom stereocenters. The second-order valence-electron chi connectivity index (χ2n) is 8.65. The van der Waals surface area contributed by atoms with Gasteiger partial charge in [0.1, 0.15) is 17.1 Å².